The topological polar surface area (TPSA) is 86.6 Å². The molecule has 5 nitrogen and oxygen atoms in total. The third kappa shape index (κ3) is 2.87. The van der Waals surface area contributed by atoms with Crippen LogP contribution in [0.2, 0.25) is 0 Å². The third-order valence-corrected chi connectivity index (χ3v) is 3.07. The number of carboxylic acids is 1. The van der Waals surface area contributed by atoms with Gasteiger partial charge in [0, 0.05) is 12.3 Å². The molecule has 0 heterocycles. The Labute approximate surface area is 104 Å². The van der Waals surface area contributed by atoms with Gasteiger partial charge in [0.2, 0.25) is 5.91 Å². The highest BCUT2D eigenvalue weighted by atomic mass is 16.4. The standard InChI is InChI=1S/C13H15NO4/c15-6-5-8-1-3-9(4-2-8)14-12(16)10-7-11(10)13(17)18/h1-4,10-11,15H,5-7H2,(H,14,16)(H,17,18). The molecule has 3 N–H and O–H groups in total. The first-order valence-corrected chi connectivity index (χ1v) is 5.85. The molecule has 0 bridgehead atoms. The number of benzene rings is 1. The molecule has 1 fully saturated rings. The summed E-state index contributed by atoms with van der Waals surface area (Å²) in [6, 6.07) is 7.16. The maximum Gasteiger partial charge on any atom is 0.307 e. The molecule has 5 heteroatoms. The quantitative estimate of drug-likeness (QED) is 0.723. The number of hydrogen-bond donors (Lipinski definition) is 3. The summed E-state index contributed by atoms with van der Waals surface area (Å²) in [4.78, 5) is 22.3. The van der Waals surface area contributed by atoms with Crippen molar-refractivity contribution in [1.29, 1.82) is 0 Å². The molecule has 1 aromatic rings. The zero-order chi connectivity index (χ0) is 13.1. The van der Waals surface area contributed by atoms with Gasteiger partial charge in [-0.25, -0.2) is 0 Å². The molecule has 18 heavy (non-hydrogen) atoms. The maximum atomic E-state index is 11.7. The van der Waals surface area contributed by atoms with Crippen LogP contribution in [0.4, 0.5) is 5.69 Å². The monoisotopic (exact) mass is 249 g/mol. The number of nitrogens with one attached hydrogen (secondary N) is 1. The molecule has 1 aromatic carbocycles. The molecule has 1 aliphatic rings. The van der Waals surface area contributed by atoms with Gasteiger partial charge in [0.15, 0.2) is 0 Å². The molecule has 0 radical (unpaired) electrons. The average Bonchev–Trinajstić information content (AvgIpc) is 3.12. The van der Waals surface area contributed by atoms with Crippen LogP contribution in [-0.2, 0) is 16.0 Å². The van der Waals surface area contributed by atoms with Gasteiger partial charge < -0.3 is 15.5 Å². The molecule has 2 rings (SSSR count). The molecule has 96 valence electrons. The minimum absolute atomic E-state index is 0.0913. The highest BCUT2D eigenvalue weighted by Crippen LogP contribution is 2.39. The SMILES string of the molecule is O=C(O)C1CC1C(=O)Nc1ccc(CCO)cc1. The Balaban J connectivity index is 1.90. The van der Waals surface area contributed by atoms with Crippen molar-refractivity contribution in [3.05, 3.63) is 29.8 Å². The van der Waals surface area contributed by atoms with Crippen molar-refractivity contribution in [2.75, 3.05) is 11.9 Å². The smallest absolute Gasteiger partial charge is 0.307 e. The Morgan fingerprint density at radius 2 is 1.89 bits per heavy atom. The van der Waals surface area contributed by atoms with Crippen LogP contribution in [-0.4, -0.2) is 28.7 Å². The van der Waals surface area contributed by atoms with Gasteiger partial charge in [0.05, 0.1) is 11.8 Å². The van der Waals surface area contributed by atoms with E-state index in [2.05, 4.69) is 5.32 Å². The molecular formula is C13H15NO4. The number of rotatable bonds is 5. The van der Waals surface area contributed by atoms with Crippen molar-refractivity contribution in [3.63, 3.8) is 0 Å². The van der Waals surface area contributed by atoms with E-state index >= 15 is 0 Å². The van der Waals surface area contributed by atoms with Gasteiger partial charge in [-0.2, -0.15) is 0 Å². The van der Waals surface area contributed by atoms with E-state index in [1.807, 2.05) is 12.1 Å². The summed E-state index contributed by atoms with van der Waals surface area (Å²) in [5.74, 6) is -2.08. The summed E-state index contributed by atoms with van der Waals surface area (Å²) < 4.78 is 0. The Kier molecular flexibility index (Phi) is 3.62. The van der Waals surface area contributed by atoms with Crippen LogP contribution >= 0.6 is 0 Å². The van der Waals surface area contributed by atoms with Gasteiger partial charge >= 0.3 is 5.97 Å². The van der Waals surface area contributed by atoms with E-state index in [1.165, 1.54) is 0 Å². The first kappa shape index (κ1) is 12.6. The number of carbonyl (C=O) groups is 2. The van der Waals surface area contributed by atoms with Crippen LogP contribution in [0.1, 0.15) is 12.0 Å². The fraction of sp³-hybridized carbons (Fsp3) is 0.385. The van der Waals surface area contributed by atoms with Crippen LogP contribution in [0.3, 0.4) is 0 Å². The highest BCUT2D eigenvalue weighted by Gasteiger charge is 2.48. The zero-order valence-electron chi connectivity index (χ0n) is 9.80. The summed E-state index contributed by atoms with van der Waals surface area (Å²) in [5.41, 5.74) is 1.64. The van der Waals surface area contributed by atoms with Gasteiger partial charge in [-0.05, 0) is 30.5 Å². The van der Waals surface area contributed by atoms with E-state index in [0.717, 1.165) is 5.56 Å². The van der Waals surface area contributed by atoms with Gasteiger partial charge in [-0.1, -0.05) is 12.1 Å². The van der Waals surface area contributed by atoms with E-state index < -0.39 is 17.8 Å². The fourth-order valence-corrected chi connectivity index (χ4v) is 1.88. The zero-order valence-corrected chi connectivity index (χ0v) is 9.80. The summed E-state index contributed by atoms with van der Waals surface area (Å²) in [5, 5.41) is 20.2. The Hall–Kier alpha value is -1.88. The third-order valence-electron chi connectivity index (χ3n) is 3.07. The lowest BCUT2D eigenvalue weighted by Crippen LogP contribution is -2.16. The first-order valence-electron chi connectivity index (χ1n) is 5.85. The van der Waals surface area contributed by atoms with Crippen molar-refractivity contribution < 1.29 is 19.8 Å². The summed E-state index contributed by atoms with van der Waals surface area (Å²) in [6.07, 6.45) is 1.00. The van der Waals surface area contributed by atoms with E-state index in [9.17, 15) is 9.59 Å². The Morgan fingerprint density at radius 1 is 1.22 bits per heavy atom. The maximum absolute atomic E-state index is 11.7. The second-order valence-corrected chi connectivity index (χ2v) is 4.45. The Morgan fingerprint density at radius 3 is 2.39 bits per heavy atom. The van der Waals surface area contributed by atoms with Gasteiger partial charge in [0.1, 0.15) is 0 Å². The van der Waals surface area contributed by atoms with E-state index in [-0.39, 0.29) is 12.5 Å². The molecule has 1 saturated carbocycles. The van der Waals surface area contributed by atoms with Gasteiger partial charge in [0.25, 0.3) is 0 Å². The lowest BCUT2D eigenvalue weighted by molar-refractivity contribution is -0.139. The second kappa shape index (κ2) is 5.18. The lowest BCUT2D eigenvalue weighted by atomic mass is 10.1. The second-order valence-electron chi connectivity index (χ2n) is 4.45. The molecule has 1 amide bonds. The van der Waals surface area contributed by atoms with Crippen molar-refractivity contribution in [3.8, 4) is 0 Å². The average molecular weight is 249 g/mol. The van der Waals surface area contributed by atoms with Crippen molar-refractivity contribution in [2.24, 2.45) is 11.8 Å². The van der Waals surface area contributed by atoms with Crippen molar-refractivity contribution in [2.45, 2.75) is 12.8 Å². The summed E-state index contributed by atoms with van der Waals surface area (Å²) in [6.45, 7) is 0.0913. The fourth-order valence-electron chi connectivity index (χ4n) is 1.88. The normalized spacial score (nSPS) is 21.4. The van der Waals surface area contributed by atoms with Crippen LogP contribution in [0.25, 0.3) is 0 Å². The number of aliphatic carboxylic acids is 1. The number of hydrogen-bond acceptors (Lipinski definition) is 3. The molecule has 0 saturated heterocycles. The van der Waals surface area contributed by atoms with Gasteiger partial charge in [-0.3, -0.25) is 9.59 Å². The molecule has 0 aliphatic heterocycles. The van der Waals surface area contributed by atoms with Crippen LogP contribution < -0.4 is 5.32 Å². The summed E-state index contributed by atoms with van der Waals surface area (Å²) in [7, 11) is 0. The van der Waals surface area contributed by atoms with Crippen molar-refractivity contribution >= 4 is 17.6 Å². The lowest BCUT2D eigenvalue weighted by Gasteiger charge is -2.05. The first-order chi connectivity index (χ1) is 8.61. The predicted molar refractivity (Wildman–Crippen MR) is 65.1 cm³/mol. The molecule has 2 unspecified atom stereocenters. The number of aliphatic hydroxyl groups is 1. The molecule has 1 aliphatic carbocycles. The van der Waals surface area contributed by atoms with Gasteiger partial charge in [-0.15, -0.1) is 0 Å². The number of carboxylic acid groups (broad SMARTS) is 1. The number of carbonyl (C=O) groups excluding carboxylic acids is 1. The highest BCUT2D eigenvalue weighted by molar-refractivity contribution is 5.98. The molecule has 2 atom stereocenters. The van der Waals surface area contributed by atoms with Crippen LogP contribution in [0.15, 0.2) is 24.3 Å². The van der Waals surface area contributed by atoms with E-state index in [0.29, 0.717) is 18.5 Å². The van der Waals surface area contributed by atoms with Crippen LogP contribution in [0.5, 0.6) is 0 Å². The van der Waals surface area contributed by atoms with E-state index in [4.69, 9.17) is 10.2 Å². The summed E-state index contributed by atoms with van der Waals surface area (Å²) >= 11 is 0. The number of anilines is 1. The molecule has 0 spiro atoms. The van der Waals surface area contributed by atoms with E-state index in [1.54, 1.807) is 12.1 Å². The minimum atomic E-state index is -0.909. The largest absolute Gasteiger partial charge is 0.481 e. The predicted octanol–water partition coefficient (Wildman–Crippen LogP) is 0.881. The number of amides is 1. The van der Waals surface area contributed by atoms with Crippen LogP contribution in [0, 0.1) is 11.8 Å². The number of aliphatic hydroxyl groups excluding tert-OH is 1. The minimum Gasteiger partial charge on any atom is -0.481 e. The Bertz CT molecular complexity index is 455. The van der Waals surface area contributed by atoms with Crippen molar-refractivity contribution in [1.82, 2.24) is 0 Å². The molecule has 0 aromatic heterocycles. The molecular weight excluding hydrogens is 234 g/mol.